The van der Waals surface area contributed by atoms with Crippen molar-refractivity contribution in [3.05, 3.63) is 0 Å². The molecule has 0 unspecified atom stereocenters. The zero-order chi connectivity index (χ0) is 16.2. The van der Waals surface area contributed by atoms with Gasteiger partial charge in [-0.1, -0.05) is 13.8 Å². The van der Waals surface area contributed by atoms with E-state index in [4.69, 9.17) is 0 Å². The van der Waals surface area contributed by atoms with Crippen LogP contribution in [0.5, 0.6) is 0 Å². The molecule has 0 atom stereocenters. The van der Waals surface area contributed by atoms with Crippen molar-refractivity contribution in [1.29, 1.82) is 0 Å². The van der Waals surface area contributed by atoms with E-state index in [1.165, 1.54) is 0 Å². The minimum absolute atomic E-state index is 0.768. The summed E-state index contributed by atoms with van der Waals surface area (Å²) < 4.78 is 109. The maximum atomic E-state index is 12.8. The summed E-state index contributed by atoms with van der Waals surface area (Å²) in [6, 6.07) is 0. The topological polar surface area (TPSA) is 18.5 Å². The molecule has 0 aliphatic rings. The van der Waals surface area contributed by atoms with Crippen LogP contribution in [0.2, 0.25) is 0 Å². The molecule has 0 radical (unpaired) electrons. The molecule has 0 heterocycles. The molecule has 0 amide bonds. The molecule has 0 spiro atoms. The molecule has 0 bridgehead atoms. The third kappa shape index (κ3) is 4.44. The van der Waals surface area contributed by atoms with Gasteiger partial charge in [0.25, 0.3) is 0 Å². The second kappa shape index (κ2) is 6.42. The molecule has 0 aliphatic heterocycles. The molecule has 2 nitrogen and oxygen atoms in total. The van der Waals surface area contributed by atoms with E-state index in [1.54, 1.807) is 0 Å². The monoisotopic (exact) mass is 318 g/mol. The summed E-state index contributed by atoms with van der Waals surface area (Å²) in [5.41, 5.74) is 0. The Morgan fingerprint density at radius 3 is 1.05 bits per heavy atom. The van der Waals surface area contributed by atoms with Gasteiger partial charge < -0.3 is 9.47 Å². The molecule has 0 aromatic carbocycles. The predicted octanol–water partition coefficient (Wildman–Crippen LogP) is 4.30. The first kappa shape index (κ1) is 19.4. The quantitative estimate of drug-likeness (QED) is 0.466. The van der Waals surface area contributed by atoms with Crippen LogP contribution in [0.1, 0.15) is 26.7 Å². The molecule has 10 heteroatoms. The smallest absolute Gasteiger partial charge is 0.313 e. The number of hydrogen-bond acceptors (Lipinski definition) is 2. The minimum atomic E-state index is -4.90. The van der Waals surface area contributed by atoms with E-state index in [-0.39, 0.29) is 0 Å². The molecule has 20 heavy (non-hydrogen) atoms. The first-order valence-electron chi connectivity index (χ1n) is 5.62. The van der Waals surface area contributed by atoms with Crippen molar-refractivity contribution in [1.82, 2.24) is 0 Å². The van der Waals surface area contributed by atoms with Crippen LogP contribution in [0.25, 0.3) is 0 Å². The van der Waals surface area contributed by atoms with Crippen molar-refractivity contribution in [2.24, 2.45) is 0 Å². The lowest BCUT2D eigenvalue weighted by Crippen LogP contribution is -2.45. The van der Waals surface area contributed by atoms with Gasteiger partial charge in [-0.25, -0.2) is 0 Å². The SMILES string of the molecule is CCC(F)(F)C(F)(F)OCCOC(F)(F)C(F)(F)CC. The zero-order valence-electron chi connectivity index (χ0n) is 10.7. The first-order chi connectivity index (χ1) is 8.83. The van der Waals surface area contributed by atoms with Gasteiger partial charge in [0.15, 0.2) is 0 Å². The Balaban J connectivity index is 4.35. The molecular weight excluding hydrogens is 304 g/mol. The van der Waals surface area contributed by atoms with E-state index < -0.39 is 50.1 Å². The van der Waals surface area contributed by atoms with E-state index in [0.717, 1.165) is 13.8 Å². The highest BCUT2D eigenvalue weighted by molar-refractivity contribution is 4.76. The normalized spacial score (nSPS) is 14.7. The van der Waals surface area contributed by atoms with Crippen molar-refractivity contribution >= 4 is 0 Å². The van der Waals surface area contributed by atoms with Gasteiger partial charge in [0.1, 0.15) is 0 Å². The van der Waals surface area contributed by atoms with Crippen molar-refractivity contribution in [3.8, 4) is 0 Å². The summed E-state index contributed by atoms with van der Waals surface area (Å²) in [5.74, 6) is -8.99. The maximum Gasteiger partial charge on any atom is 0.419 e. The second-order valence-corrected chi connectivity index (χ2v) is 3.85. The Kier molecular flexibility index (Phi) is 6.21. The van der Waals surface area contributed by atoms with Gasteiger partial charge in [0, 0.05) is 12.8 Å². The highest BCUT2D eigenvalue weighted by Crippen LogP contribution is 2.39. The highest BCUT2D eigenvalue weighted by Gasteiger charge is 2.58. The van der Waals surface area contributed by atoms with Crippen LogP contribution in [0.15, 0.2) is 0 Å². The Morgan fingerprint density at radius 2 is 0.850 bits per heavy atom. The van der Waals surface area contributed by atoms with Gasteiger partial charge in [-0.05, 0) is 0 Å². The summed E-state index contributed by atoms with van der Waals surface area (Å²) in [7, 11) is 0. The Bertz CT molecular complexity index is 276. The number of rotatable bonds is 9. The molecule has 0 saturated carbocycles. The summed E-state index contributed by atoms with van der Waals surface area (Å²) in [6.45, 7) is -1.25. The number of halogens is 8. The van der Waals surface area contributed by atoms with Gasteiger partial charge in [0.2, 0.25) is 0 Å². The van der Waals surface area contributed by atoms with E-state index >= 15 is 0 Å². The van der Waals surface area contributed by atoms with Crippen molar-refractivity contribution in [2.75, 3.05) is 13.2 Å². The van der Waals surface area contributed by atoms with Gasteiger partial charge in [-0.15, -0.1) is 0 Å². The first-order valence-corrected chi connectivity index (χ1v) is 5.62. The Labute approximate surface area is 110 Å². The fourth-order valence-electron chi connectivity index (χ4n) is 0.962. The van der Waals surface area contributed by atoms with Crippen LogP contribution in [-0.2, 0) is 9.47 Å². The lowest BCUT2D eigenvalue weighted by Gasteiger charge is -2.27. The molecule has 0 aliphatic carbocycles. The minimum Gasteiger partial charge on any atom is -0.313 e. The zero-order valence-corrected chi connectivity index (χ0v) is 10.7. The van der Waals surface area contributed by atoms with Gasteiger partial charge in [-0.3, -0.25) is 0 Å². The van der Waals surface area contributed by atoms with E-state index in [2.05, 4.69) is 9.47 Å². The molecule has 0 rings (SSSR count). The lowest BCUT2D eigenvalue weighted by atomic mass is 10.2. The van der Waals surface area contributed by atoms with Crippen LogP contribution in [0, 0.1) is 0 Å². The van der Waals surface area contributed by atoms with Crippen LogP contribution in [0.3, 0.4) is 0 Å². The Morgan fingerprint density at radius 1 is 0.600 bits per heavy atom. The third-order valence-corrected chi connectivity index (χ3v) is 2.39. The van der Waals surface area contributed by atoms with Crippen LogP contribution >= 0.6 is 0 Å². The lowest BCUT2D eigenvalue weighted by molar-refractivity contribution is -0.371. The van der Waals surface area contributed by atoms with Crippen molar-refractivity contribution in [2.45, 2.75) is 50.8 Å². The molecule has 0 N–H and O–H groups in total. The van der Waals surface area contributed by atoms with Crippen LogP contribution in [-0.4, -0.2) is 37.3 Å². The van der Waals surface area contributed by atoms with Crippen molar-refractivity contribution in [3.63, 3.8) is 0 Å². The fourth-order valence-corrected chi connectivity index (χ4v) is 0.962. The summed E-state index contributed by atoms with van der Waals surface area (Å²) >= 11 is 0. The van der Waals surface area contributed by atoms with E-state index in [0.29, 0.717) is 0 Å². The van der Waals surface area contributed by atoms with Gasteiger partial charge >= 0.3 is 24.1 Å². The summed E-state index contributed by atoms with van der Waals surface area (Å²) in [6.07, 6.45) is -12.3. The molecule has 0 aromatic rings. The van der Waals surface area contributed by atoms with Gasteiger partial charge in [0.05, 0.1) is 13.2 Å². The van der Waals surface area contributed by atoms with Crippen LogP contribution < -0.4 is 0 Å². The van der Waals surface area contributed by atoms with E-state index in [1.807, 2.05) is 0 Å². The number of ether oxygens (including phenoxy) is 2. The maximum absolute atomic E-state index is 12.8. The molecule has 0 fully saturated rings. The average molecular weight is 318 g/mol. The third-order valence-electron chi connectivity index (χ3n) is 2.39. The number of alkyl halides is 8. The molecular formula is C10H14F8O2. The average Bonchev–Trinajstić information content (AvgIpc) is 2.34. The largest absolute Gasteiger partial charge is 0.419 e. The molecule has 0 saturated heterocycles. The summed E-state index contributed by atoms with van der Waals surface area (Å²) in [5, 5.41) is 0. The molecule has 0 aromatic heterocycles. The van der Waals surface area contributed by atoms with E-state index in [9.17, 15) is 35.1 Å². The number of hydrogen-bond donors (Lipinski definition) is 0. The Hall–Kier alpha value is -0.640. The van der Waals surface area contributed by atoms with Gasteiger partial charge in [-0.2, -0.15) is 35.1 Å². The highest BCUT2D eigenvalue weighted by atomic mass is 19.3. The molecule has 122 valence electrons. The fraction of sp³-hybridized carbons (Fsp3) is 1.00. The predicted molar refractivity (Wildman–Crippen MR) is 52.3 cm³/mol. The standard InChI is InChI=1S/C10H14F8O2/c1-3-7(11,12)9(15,16)19-5-6-20-10(17,18)8(13,14)4-2/h3-6H2,1-2H3. The van der Waals surface area contributed by atoms with Crippen molar-refractivity contribution < 1.29 is 44.6 Å². The summed E-state index contributed by atoms with van der Waals surface area (Å²) in [4.78, 5) is 0. The second-order valence-electron chi connectivity index (χ2n) is 3.85. The van der Waals surface area contributed by atoms with Crippen LogP contribution in [0.4, 0.5) is 35.1 Å².